The predicted octanol–water partition coefficient (Wildman–Crippen LogP) is 2.27. The zero-order valence-electron chi connectivity index (χ0n) is 13.6. The largest absolute Gasteiger partial charge is 0.484 e. The zero-order chi connectivity index (χ0) is 17.5. The van der Waals surface area contributed by atoms with E-state index in [1.165, 1.54) is 0 Å². The van der Waals surface area contributed by atoms with Crippen LogP contribution < -0.4 is 20.5 Å². The number of carbonyl (C=O) groups is 2. The van der Waals surface area contributed by atoms with Gasteiger partial charge >= 0.3 is 0 Å². The number of anilines is 1. The van der Waals surface area contributed by atoms with Crippen LogP contribution in [-0.4, -0.2) is 24.5 Å². The molecule has 0 saturated heterocycles. The van der Waals surface area contributed by atoms with Gasteiger partial charge in [0.25, 0.3) is 11.8 Å². The summed E-state index contributed by atoms with van der Waals surface area (Å²) in [5, 5.41) is 2.74. The number of benzene rings is 2. The number of rotatable bonds is 7. The molecular weight excluding hydrogens is 308 g/mol. The quantitative estimate of drug-likeness (QED) is 0.816. The number of primary amides is 1. The van der Waals surface area contributed by atoms with Gasteiger partial charge in [0.05, 0.1) is 0 Å². The van der Waals surface area contributed by atoms with Crippen LogP contribution in [0, 0.1) is 6.92 Å². The zero-order valence-corrected chi connectivity index (χ0v) is 13.6. The van der Waals surface area contributed by atoms with Crippen LogP contribution in [0.2, 0.25) is 0 Å². The first-order valence-electron chi connectivity index (χ1n) is 7.49. The fourth-order valence-corrected chi connectivity index (χ4v) is 2.01. The summed E-state index contributed by atoms with van der Waals surface area (Å²) >= 11 is 0. The fraction of sp³-hybridized carbons (Fsp3) is 0.222. The van der Waals surface area contributed by atoms with E-state index in [9.17, 15) is 9.59 Å². The Balaban J connectivity index is 1.95. The van der Waals surface area contributed by atoms with Gasteiger partial charge in [-0.15, -0.1) is 0 Å². The first kappa shape index (κ1) is 17.3. The normalized spacial score (nSPS) is 11.4. The molecule has 0 saturated carbocycles. The van der Waals surface area contributed by atoms with Crippen LogP contribution in [0.5, 0.6) is 11.5 Å². The molecule has 0 aliphatic rings. The maximum absolute atomic E-state index is 12.2. The number of nitrogens with two attached hydrogens (primary N) is 1. The minimum absolute atomic E-state index is 0.218. The second-order valence-corrected chi connectivity index (χ2v) is 5.35. The van der Waals surface area contributed by atoms with Gasteiger partial charge in [-0.25, -0.2) is 0 Å². The summed E-state index contributed by atoms with van der Waals surface area (Å²) < 4.78 is 10.8. The molecule has 2 aromatic rings. The third-order valence-corrected chi connectivity index (χ3v) is 3.15. The molecular formula is C18H20N2O4. The molecule has 6 heteroatoms. The van der Waals surface area contributed by atoms with Crippen molar-refractivity contribution >= 4 is 17.5 Å². The Hall–Kier alpha value is -3.02. The van der Waals surface area contributed by atoms with Crippen LogP contribution >= 0.6 is 0 Å². The maximum atomic E-state index is 12.2. The third-order valence-electron chi connectivity index (χ3n) is 3.15. The van der Waals surface area contributed by atoms with E-state index < -0.39 is 12.0 Å². The Morgan fingerprint density at radius 1 is 1.12 bits per heavy atom. The molecule has 0 aromatic heterocycles. The number of amides is 2. The number of hydrogen-bond donors (Lipinski definition) is 2. The van der Waals surface area contributed by atoms with Gasteiger partial charge in [-0.1, -0.05) is 18.2 Å². The Bertz CT molecular complexity index is 730. The monoisotopic (exact) mass is 328 g/mol. The molecule has 0 aliphatic heterocycles. The van der Waals surface area contributed by atoms with Crippen LogP contribution in [0.3, 0.4) is 0 Å². The summed E-state index contributed by atoms with van der Waals surface area (Å²) in [6, 6.07) is 14.2. The summed E-state index contributed by atoms with van der Waals surface area (Å²) in [4.78, 5) is 23.0. The van der Waals surface area contributed by atoms with E-state index in [-0.39, 0.29) is 12.5 Å². The lowest BCUT2D eigenvalue weighted by Crippen LogP contribution is -2.30. The van der Waals surface area contributed by atoms with Gasteiger partial charge in [0, 0.05) is 11.8 Å². The first-order chi connectivity index (χ1) is 11.4. The van der Waals surface area contributed by atoms with E-state index in [1.807, 2.05) is 25.1 Å². The molecule has 2 aromatic carbocycles. The predicted molar refractivity (Wildman–Crippen MR) is 91.0 cm³/mol. The smallest absolute Gasteiger partial charge is 0.265 e. The lowest BCUT2D eigenvalue weighted by atomic mass is 10.2. The second kappa shape index (κ2) is 8.01. The molecule has 6 nitrogen and oxygen atoms in total. The minimum Gasteiger partial charge on any atom is -0.484 e. The van der Waals surface area contributed by atoms with E-state index in [2.05, 4.69) is 5.32 Å². The average Bonchev–Trinajstić information content (AvgIpc) is 2.53. The Kier molecular flexibility index (Phi) is 5.78. The lowest BCUT2D eigenvalue weighted by molar-refractivity contribution is -0.122. The molecule has 2 rings (SSSR count). The molecule has 0 heterocycles. The number of aryl methyl sites for hydroxylation is 1. The van der Waals surface area contributed by atoms with Crippen molar-refractivity contribution < 1.29 is 19.1 Å². The second-order valence-electron chi connectivity index (χ2n) is 5.35. The van der Waals surface area contributed by atoms with Crippen molar-refractivity contribution in [3.8, 4) is 11.5 Å². The summed E-state index contributed by atoms with van der Waals surface area (Å²) in [5.41, 5.74) is 6.63. The standard InChI is InChI=1S/C18H20N2O4/c1-12-5-3-8-16(9-12)24-13(2)18(22)20-14-6-4-7-15(10-14)23-11-17(19)21/h3-10,13H,11H2,1-2H3,(H2,19,21)(H,20,22). The van der Waals surface area contributed by atoms with Gasteiger partial charge in [0.2, 0.25) is 0 Å². The van der Waals surface area contributed by atoms with Crippen molar-refractivity contribution in [2.24, 2.45) is 5.73 Å². The molecule has 3 N–H and O–H groups in total. The summed E-state index contributed by atoms with van der Waals surface area (Å²) in [6.07, 6.45) is -0.665. The number of ether oxygens (including phenoxy) is 2. The molecule has 0 fully saturated rings. The molecule has 0 radical (unpaired) electrons. The van der Waals surface area contributed by atoms with Crippen molar-refractivity contribution in [2.45, 2.75) is 20.0 Å². The maximum Gasteiger partial charge on any atom is 0.265 e. The van der Waals surface area contributed by atoms with Gasteiger partial charge in [-0.3, -0.25) is 9.59 Å². The average molecular weight is 328 g/mol. The van der Waals surface area contributed by atoms with Crippen LogP contribution in [-0.2, 0) is 9.59 Å². The first-order valence-corrected chi connectivity index (χ1v) is 7.49. The Morgan fingerprint density at radius 3 is 2.54 bits per heavy atom. The van der Waals surface area contributed by atoms with E-state index in [1.54, 1.807) is 37.3 Å². The van der Waals surface area contributed by atoms with Crippen LogP contribution in [0.15, 0.2) is 48.5 Å². The van der Waals surface area contributed by atoms with Gasteiger partial charge < -0.3 is 20.5 Å². The van der Waals surface area contributed by atoms with Crippen LogP contribution in [0.1, 0.15) is 12.5 Å². The highest BCUT2D eigenvalue weighted by atomic mass is 16.5. The molecule has 0 aliphatic carbocycles. The number of nitrogens with one attached hydrogen (secondary N) is 1. The molecule has 126 valence electrons. The van der Waals surface area contributed by atoms with Crippen molar-refractivity contribution in [1.29, 1.82) is 0 Å². The third kappa shape index (κ3) is 5.31. The minimum atomic E-state index is -0.665. The van der Waals surface area contributed by atoms with E-state index in [0.717, 1.165) is 5.56 Å². The SMILES string of the molecule is Cc1cccc(OC(C)C(=O)Nc2cccc(OCC(N)=O)c2)c1. The molecule has 0 bridgehead atoms. The number of hydrogen-bond acceptors (Lipinski definition) is 4. The molecule has 1 unspecified atom stereocenters. The highest BCUT2D eigenvalue weighted by molar-refractivity contribution is 5.94. The molecule has 1 atom stereocenters. The molecule has 2 amide bonds. The van der Waals surface area contributed by atoms with Gasteiger partial charge in [-0.2, -0.15) is 0 Å². The highest BCUT2D eigenvalue weighted by Crippen LogP contribution is 2.19. The van der Waals surface area contributed by atoms with Crippen molar-refractivity contribution in [1.82, 2.24) is 0 Å². The lowest BCUT2D eigenvalue weighted by Gasteiger charge is -2.15. The van der Waals surface area contributed by atoms with Gasteiger partial charge in [0.1, 0.15) is 11.5 Å². The van der Waals surface area contributed by atoms with Gasteiger partial charge in [0.15, 0.2) is 12.7 Å². The summed E-state index contributed by atoms with van der Waals surface area (Å²) in [6.45, 7) is 3.41. The van der Waals surface area contributed by atoms with Gasteiger partial charge in [-0.05, 0) is 43.7 Å². The van der Waals surface area contributed by atoms with Crippen molar-refractivity contribution in [3.63, 3.8) is 0 Å². The number of carbonyl (C=O) groups excluding carboxylic acids is 2. The topological polar surface area (TPSA) is 90.7 Å². The fourth-order valence-electron chi connectivity index (χ4n) is 2.01. The van der Waals surface area contributed by atoms with Crippen molar-refractivity contribution in [2.75, 3.05) is 11.9 Å². The Morgan fingerprint density at radius 2 is 1.83 bits per heavy atom. The van der Waals surface area contributed by atoms with E-state index in [0.29, 0.717) is 17.2 Å². The van der Waals surface area contributed by atoms with Crippen molar-refractivity contribution in [3.05, 3.63) is 54.1 Å². The molecule has 0 spiro atoms. The Labute approximate surface area is 140 Å². The highest BCUT2D eigenvalue weighted by Gasteiger charge is 2.15. The van der Waals surface area contributed by atoms with Crippen LogP contribution in [0.4, 0.5) is 5.69 Å². The summed E-state index contributed by atoms with van der Waals surface area (Å²) in [7, 11) is 0. The molecule has 24 heavy (non-hydrogen) atoms. The van der Waals surface area contributed by atoms with E-state index in [4.69, 9.17) is 15.2 Å². The van der Waals surface area contributed by atoms with E-state index >= 15 is 0 Å². The summed E-state index contributed by atoms with van der Waals surface area (Å²) in [5.74, 6) is 0.225. The van der Waals surface area contributed by atoms with Crippen LogP contribution in [0.25, 0.3) is 0 Å².